The highest BCUT2D eigenvalue weighted by atomic mass is 16.6. The number of epoxide rings is 1. The lowest BCUT2D eigenvalue weighted by atomic mass is 10.1. The van der Waals surface area contributed by atoms with E-state index < -0.39 is 0 Å². The van der Waals surface area contributed by atoms with Crippen molar-refractivity contribution in [2.75, 3.05) is 6.61 Å². The molecule has 0 aromatic heterocycles. The maximum atomic E-state index is 5.45. The van der Waals surface area contributed by atoms with Crippen molar-refractivity contribution < 1.29 is 9.47 Å². The van der Waals surface area contributed by atoms with Crippen LogP contribution in [0.3, 0.4) is 0 Å². The van der Waals surface area contributed by atoms with Crippen LogP contribution in [0.4, 0.5) is 0 Å². The van der Waals surface area contributed by atoms with Gasteiger partial charge in [-0.25, -0.2) is 4.99 Å². The second-order valence-electron chi connectivity index (χ2n) is 4.65. The predicted octanol–water partition coefficient (Wildman–Crippen LogP) is 1.37. The van der Waals surface area contributed by atoms with E-state index in [-0.39, 0.29) is 17.2 Å². The van der Waals surface area contributed by atoms with Crippen molar-refractivity contribution in [2.24, 2.45) is 4.99 Å². The zero-order valence-electron chi connectivity index (χ0n) is 8.05. The van der Waals surface area contributed by atoms with Crippen LogP contribution in [0.15, 0.2) is 4.99 Å². The number of ether oxygens (including phenoxy) is 2. The number of hydrogen-bond donors (Lipinski definition) is 0. The standard InChI is InChI=1S/C9H15NO2/c1-8(2)5-11-7(10-8)6-9(3,4)12-6/h6H,5H2,1-4H3/t6-/m1/s1. The van der Waals surface area contributed by atoms with E-state index in [1.54, 1.807) is 0 Å². The predicted molar refractivity (Wildman–Crippen MR) is 46.4 cm³/mol. The summed E-state index contributed by atoms with van der Waals surface area (Å²) in [6.07, 6.45) is 0.0966. The number of hydrogen-bond acceptors (Lipinski definition) is 3. The van der Waals surface area contributed by atoms with E-state index in [9.17, 15) is 0 Å². The van der Waals surface area contributed by atoms with Crippen LogP contribution in [-0.2, 0) is 9.47 Å². The largest absolute Gasteiger partial charge is 0.476 e. The summed E-state index contributed by atoms with van der Waals surface area (Å²) in [6, 6.07) is 0. The third-order valence-electron chi connectivity index (χ3n) is 2.21. The van der Waals surface area contributed by atoms with E-state index in [1.807, 2.05) is 0 Å². The lowest BCUT2D eigenvalue weighted by molar-refractivity contribution is 0.265. The molecule has 12 heavy (non-hydrogen) atoms. The van der Waals surface area contributed by atoms with Gasteiger partial charge in [-0.1, -0.05) is 0 Å². The molecule has 0 amide bonds. The van der Waals surface area contributed by atoms with Gasteiger partial charge in [0.05, 0.1) is 11.1 Å². The molecule has 0 aliphatic carbocycles. The Hall–Kier alpha value is -0.570. The van der Waals surface area contributed by atoms with E-state index >= 15 is 0 Å². The summed E-state index contributed by atoms with van der Waals surface area (Å²) in [6.45, 7) is 8.91. The minimum atomic E-state index is -0.0582. The maximum Gasteiger partial charge on any atom is 0.217 e. The molecule has 0 unspecified atom stereocenters. The van der Waals surface area contributed by atoms with Crippen molar-refractivity contribution in [3.05, 3.63) is 0 Å². The highest BCUT2D eigenvalue weighted by Gasteiger charge is 2.54. The summed E-state index contributed by atoms with van der Waals surface area (Å²) in [5, 5.41) is 0. The summed E-state index contributed by atoms with van der Waals surface area (Å²) >= 11 is 0. The molecule has 2 heterocycles. The molecule has 0 spiro atoms. The molecule has 2 aliphatic heterocycles. The summed E-state index contributed by atoms with van der Waals surface area (Å²) in [4.78, 5) is 4.45. The Morgan fingerprint density at radius 1 is 1.33 bits per heavy atom. The first kappa shape index (κ1) is 8.05. The second-order valence-corrected chi connectivity index (χ2v) is 4.65. The summed E-state index contributed by atoms with van der Waals surface area (Å²) in [5.74, 6) is 0.782. The van der Waals surface area contributed by atoms with Crippen molar-refractivity contribution >= 4 is 5.90 Å². The summed E-state index contributed by atoms with van der Waals surface area (Å²) in [5.41, 5.74) is -0.114. The molecule has 0 bridgehead atoms. The summed E-state index contributed by atoms with van der Waals surface area (Å²) < 4.78 is 10.9. The molecule has 1 fully saturated rings. The summed E-state index contributed by atoms with van der Waals surface area (Å²) in [7, 11) is 0. The quantitative estimate of drug-likeness (QED) is 0.555. The third-order valence-corrected chi connectivity index (χ3v) is 2.21. The van der Waals surface area contributed by atoms with E-state index in [0.717, 1.165) is 5.90 Å². The SMILES string of the molecule is CC1(C)COC([C@H]2OC2(C)C)=N1. The zero-order valence-corrected chi connectivity index (χ0v) is 8.05. The van der Waals surface area contributed by atoms with Crippen LogP contribution >= 0.6 is 0 Å². The van der Waals surface area contributed by atoms with E-state index in [1.165, 1.54) is 0 Å². The lowest BCUT2D eigenvalue weighted by Crippen LogP contribution is -2.17. The Kier molecular flexibility index (Phi) is 1.35. The molecule has 2 rings (SSSR count). The lowest BCUT2D eigenvalue weighted by Gasteiger charge is -2.07. The van der Waals surface area contributed by atoms with Gasteiger partial charge < -0.3 is 9.47 Å². The molecule has 1 saturated heterocycles. The average molecular weight is 169 g/mol. The fourth-order valence-corrected chi connectivity index (χ4v) is 1.37. The molecule has 0 radical (unpaired) electrons. The maximum absolute atomic E-state index is 5.45. The number of aliphatic imine (C=N–C) groups is 1. The van der Waals surface area contributed by atoms with Crippen LogP contribution in [0.5, 0.6) is 0 Å². The first-order valence-corrected chi connectivity index (χ1v) is 4.31. The highest BCUT2D eigenvalue weighted by Crippen LogP contribution is 2.38. The van der Waals surface area contributed by atoms with Crippen molar-refractivity contribution in [3.8, 4) is 0 Å². The van der Waals surface area contributed by atoms with Crippen LogP contribution < -0.4 is 0 Å². The Morgan fingerprint density at radius 3 is 2.25 bits per heavy atom. The molecule has 3 heteroatoms. The molecule has 68 valence electrons. The topological polar surface area (TPSA) is 34.1 Å². The smallest absolute Gasteiger partial charge is 0.217 e. The van der Waals surface area contributed by atoms with Gasteiger partial charge in [-0.05, 0) is 27.7 Å². The van der Waals surface area contributed by atoms with Gasteiger partial charge in [0.2, 0.25) is 5.90 Å². The Balaban J connectivity index is 2.09. The zero-order chi connectivity index (χ0) is 8.98. The van der Waals surface area contributed by atoms with Crippen LogP contribution in [0.1, 0.15) is 27.7 Å². The minimum absolute atomic E-state index is 0.0563. The van der Waals surface area contributed by atoms with E-state index in [4.69, 9.17) is 9.47 Å². The minimum Gasteiger partial charge on any atom is -0.476 e. The van der Waals surface area contributed by atoms with Crippen LogP contribution in [-0.4, -0.2) is 29.7 Å². The highest BCUT2D eigenvalue weighted by molar-refractivity contribution is 5.86. The Morgan fingerprint density at radius 2 is 1.92 bits per heavy atom. The van der Waals surface area contributed by atoms with Gasteiger partial charge in [0, 0.05) is 0 Å². The van der Waals surface area contributed by atoms with Gasteiger partial charge >= 0.3 is 0 Å². The van der Waals surface area contributed by atoms with Gasteiger partial charge in [-0.2, -0.15) is 0 Å². The van der Waals surface area contributed by atoms with Crippen molar-refractivity contribution in [1.29, 1.82) is 0 Å². The molecule has 1 atom stereocenters. The molecular weight excluding hydrogens is 154 g/mol. The van der Waals surface area contributed by atoms with Gasteiger partial charge in [0.1, 0.15) is 6.61 Å². The molecule has 0 saturated carbocycles. The second kappa shape index (κ2) is 2.02. The fourth-order valence-electron chi connectivity index (χ4n) is 1.37. The monoisotopic (exact) mass is 169 g/mol. The molecule has 0 aromatic rings. The molecule has 0 aromatic carbocycles. The van der Waals surface area contributed by atoms with E-state index in [2.05, 4.69) is 32.7 Å². The van der Waals surface area contributed by atoms with Crippen LogP contribution in [0.2, 0.25) is 0 Å². The van der Waals surface area contributed by atoms with Crippen molar-refractivity contribution in [2.45, 2.75) is 44.9 Å². The molecule has 0 N–H and O–H groups in total. The van der Waals surface area contributed by atoms with Gasteiger partial charge in [-0.3, -0.25) is 0 Å². The number of rotatable bonds is 1. The normalized spacial score (nSPS) is 35.7. The first-order chi connectivity index (χ1) is 5.41. The van der Waals surface area contributed by atoms with Crippen molar-refractivity contribution in [1.82, 2.24) is 0 Å². The molecule has 2 aliphatic rings. The molecule has 3 nitrogen and oxygen atoms in total. The van der Waals surface area contributed by atoms with Crippen LogP contribution in [0.25, 0.3) is 0 Å². The van der Waals surface area contributed by atoms with Gasteiger partial charge in [0.15, 0.2) is 6.10 Å². The van der Waals surface area contributed by atoms with Crippen molar-refractivity contribution in [3.63, 3.8) is 0 Å². The van der Waals surface area contributed by atoms with E-state index in [0.29, 0.717) is 6.61 Å². The number of nitrogens with zero attached hydrogens (tertiary/aromatic N) is 1. The van der Waals surface area contributed by atoms with Crippen LogP contribution in [0, 0.1) is 0 Å². The molecular formula is C9H15NO2. The average Bonchev–Trinajstić information content (AvgIpc) is 2.35. The fraction of sp³-hybridized carbons (Fsp3) is 0.889. The van der Waals surface area contributed by atoms with Gasteiger partial charge in [0.25, 0.3) is 0 Å². The third kappa shape index (κ3) is 1.22. The Bertz CT molecular complexity index is 243. The van der Waals surface area contributed by atoms with Gasteiger partial charge in [-0.15, -0.1) is 0 Å². The Labute approximate surface area is 72.8 Å². The first-order valence-electron chi connectivity index (χ1n) is 4.31.